The molecule has 0 radical (unpaired) electrons. The number of hydrogen-bond acceptors (Lipinski definition) is 0. The first kappa shape index (κ1) is 15.1. The van der Waals surface area contributed by atoms with Gasteiger partial charge in [0.25, 0.3) is 0 Å². The monoisotopic (exact) mass is 334 g/mol. The van der Waals surface area contributed by atoms with E-state index in [2.05, 4.69) is 104 Å². The van der Waals surface area contributed by atoms with Crippen LogP contribution >= 0.6 is 0 Å². The Morgan fingerprint density at radius 2 is 1.27 bits per heavy atom. The van der Waals surface area contributed by atoms with Crippen molar-refractivity contribution < 1.29 is 4.57 Å². The van der Waals surface area contributed by atoms with Crippen molar-refractivity contribution in [3.63, 3.8) is 0 Å². The molecule has 124 valence electrons. The molecule has 0 saturated heterocycles. The Morgan fingerprint density at radius 3 is 2.08 bits per heavy atom. The summed E-state index contributed by atoms with van der Waals surface area (Å²) in [6.07, 6.45) is 2.12. The zero-order valence-corrected chi connectivity index (χ0v) is 15.0. The van der Waals surface area contributed by atoms with E-state index in [1.54, 1.807) is 0 Å². The van der Waals surface area contributed by atoms with Crippen molar-refractivity contribution >= 4 is 32.3 Å². The maximum absolute atomic E-state index is 2.25. The van der Waals surface area contributed by atoms with Gasteiger partial charge in [-0.25, -0.2) is 4.57 Å². The molecule has 0 aliphatic carbocycles. The molecule has 5 aromatic rings. The first-order valence-electron chi connectivity index (χ1n) is 9.03. The predicted molar refractivity (Wildman–Crippen MR) is 110 cm³/mol. The maximum Gasteiger partial charge on any atom is 0.213 e. The van der Waals surface area contributed by atoms with Gasteiger partial charge in [-0.1, -0.05) is 60.7 Å². The minimum absolute atomic E-state index is 1.25. The van der Waals surface area contributed by atoms with Gasteiger partial charge in [-0.15, -0.1) is 0 Å². The number of aryl methyl sites for hydroxylation is 2. The first-order valence-corrected chi connectivity index (χ1v) is 9.03. The highest BCUT2D eigenvalue weighted by Gasteiger charge is 2.18. The van der Waals surface area contributed by atoms with Gasteiger partial charge in [-0.05, 0) is 45.5 Å². The molecule has 0 N–H and O–H groups in total. The fraction of sp³-hybridized carbons (Fsp3) is 0.0800. The molecule has 0 spiro atoms. The highest BCUT2D eigenvalue weighted by molar-refractivity contribution is 6.24. The molecule has 0 atom stereocenters. The lowest BCUT2D eigenvalue weighted by Gasteiger charge is -2.13. The number of nitrogens with zero attached hydrogens (tertiary/aromatic N) is 1. The molecule has 26 heavy (non-hydrogen) atoms. The summed E-state index contributed by atoms with van der Waals surface area (Å²) in [5, 5.41) is 7.89. The van der Waals surface area contributed by atoms with E-state index in [1.807, 2.05) is 0 Å². The largest absolute Gasteiger partial charge is 0.213 e. The third-order valence-electron chi connectivity index (χ3n) is 5.41. The van der Waals surface area contributed by atoms with Crippen molar-refractivity contribution in [2.24, 2.45) is 7.05 Å². The number of fused-ring (bicyclic) bond motifs is 5. The minimum atomic E-state index is 1.25. The summed E-state index contributed by atoms with van der Waals surface area (Å²) in [4.78, 5) is 0. The number of rotatable bonds is 1. The Morgan fingerprint density at radius 1 is 0.615 bits per heavy atom. The van der Waals surface area contributed by atoms with Gasteiger partial charge in [0.1, 0.15) is 7.05 Å². The molecular formula is C25H20N+. The highest BCUT2D eigenvalue weighted by atomic mass is 14.9. The lowest BCUT2D eigenvalue weighted by Crippen LogP contribution is -2.30. The molecule has 5 rings (SSSR count). The molecule has 1 heterocycles. The van der Waals surface area contributed by atoms with Gasteiger partial charge in [0.15, 0.2) is 6.20 Å². The Hall–Kier alpha value is -3.19. The summed E-state index contributed by atoms with van der Waals surface area (Å²) in [6, 6.07) is 28.6. The van der Waals surface area contributed by atoms with Crippen LogP contribution in [0.1, 0.15) is 5.56 Å². The van der Waals surface area contributed by atoms with E-state index in [0.29, 0.717) is 0 Å². The quantitative estimate of drug-likeness (QED) is 0.263. The number of aromatic nitrogens is 1. The van der Waals surface area contributed by atoms with Gasteiger partial charge in [-0.3, -0.25) is 0 Å². The third kappa shape index (κ3) is 2.14. The Bertz CT molecular complexity index is 1290. The summed E-state index contributed by atoms with van der Waals surface area (Å²) in [5.41, 5.74) is 3.88. The molecule has 4 aromatic carbocycles. The average Bonchev–Trinajstić information content (AvgIpc) is 2.68. The molecule has 0 unspecified atom stereocenters. The summed E-state index contributed by atoms with van der Waals surface area (Å²) in [6.45, 7) is 2.21. The minimum Gasteiger partial charge on any atom is -0.201 e. The van der Waals surface area contributed by atoms with E-state index in [1.165, 1.54) is 49.1 Å². The van der Waals surface area contributed by atoms with Gasteiger partial charge in [0.05, 0.1) is 5.56 Å². The van der Waals surface area contributed by atoms with Crippen LogP contribution in [0.15, 0.2) is 85.1 Å². The van der Waals surface area contributed by atoms with Crippen molar-refractivity contribution in [1.29, 1.82) is 0 Å². The fourth-order valence-electron chi connectivity index (χ4n) is 4.13. The van der Waals surface area contributed by atoms with Crippen LogP contribution in [0.4, 0.5) is 0 Å². The lowest BCUT2D eigenvalue weighted by atomic mass is 9.90. The van der Waals surface area contributed by atoms with Crippen molar-refractivity contribution in [2.75, 3.05) is 0 Å². The molecular weight excluding hydrogens is 314 g/mol. The second kappa shape index (κ2) is 5.67. The van der Waals surface area contributed by atoms with Crippen LogP contribution in [0.2, 0.25) is 0 Å². The second-order valence-electron chi connectivity index (χ2n) is 7.00. The fourth-order valence-corrected chi connectivity index (χ4v) is 4.13. The SMILES string of the molecule is Cc1ccc2ccc3ccc4ccccc4c3c2c1-c1cccc[n+]1C. The molecule has 1 nitrogen and oxygen atoms in total. The number of benzene rings is 4. The van der Waals surface area contributed by atoms with Gasteiger partial charge in [0.2, 0.25) is 5.69 Å². The zero-order valence-electron chi connectivity index (χ0n) is 15.0. The van der Waals surface area contributed by atoms with Crippen LogP contribution in [0.25, 0.3) is 43.6 Å². The zero-order chi connectivity index (χ0) is 17.7. The topological polar surface area (TPSA) is 3.88 Å². The molecule has 0 saturated carbocycles. The molecule has 0 amide bonds. The average molecular weight is 334 g/mol. The van der Waals surface area contributed by atoms with E-state index in [-0.39, 0.29) is 0 Å². The van der Waals surface area contributed by atoms with Gasteiger partial charge >= 0.3 is 0 Å². The van der Waals surface area contributed by atoms with E-state index in [9.17, 15) is 0 Å². The Balaban J connectivity index is 2.09. The van der Waals surface area contributed by atoms with Crippen molar-refractivity contribution in [3.8, 4) is 11.3 Å². The Kier molecular flexibility index (Phi) is 3.29. The van der Waals surface area contributed by atoms with Crippen LogP contribution in [-0.2, 0) is 7.05 Å². The van der Waals surface area contributed by atoms with E-state index >= 15 is 0 Å². The molecule has 1 heteroatoms. The molecule has 0 bridgehead atoms. The molecule has 0 aliphatic rings. The van der Waals surface area contributed by atoms with Crippen LogP contribution in [-0.4, -0.2) is 0 Å². The number of hydrogen-bond donors (Lipinski definition) is 0. The van der Waals surface area contributed by atoms with Crippen LogP contribution in [0, 0.1) is 6.92 Å². The smallest absolute Gasteiger partial charge is 0.201 e. The number of pyridine rings is 1. The summed E-state index contributed by atoms with van der Waals surface area (Å²) >= 11 is 0. The Labute approximate surface area is 153 Å². The third-order valence-corrected chi connectivity index (χ3v) is 5.41. The van der Waals surface area contributed by atoms with Gasteiger partial charge in [-0.2, -0.15) is 0 Å². The van der Waals surface area contributed by atoms with Crippen molar-refractivity contribution in [2.45, 2.75) is 6.92 Å². The second-order valence-corrected chi connectivity index (χ2v) is 7.00. The normalized spacial score (nSPS) is 11.5. The van der Waals surface area contributed by atoms with Crippen molar-refractivity contribution in [1.82, 2.24) is 0 Å². The van der Waals surface area contributed by atoms with Crippen LogP contribution in [0.5, 0.6) is 0 Å². The van der Waals surface area contributed by atoms with E-state index < -0.39 is 0 Å². The standard InChI is InChI=1S/C25H20N/c1-17-10-11-20-15-14-19-13-12-18-7-3-4-8-21(18)24(19)25(20)23(17)22-9-5-6-16-26(22)2/h3-16H,1-2H3/q+1. The molecule has 0 fully saturated rings. The van der Waals surface area contributed by atoms with Crippen LogP contribution in [0.3, 0.4) is 0 Å². The van der Waals surface area contributed by atoms with Gasteiger partial charge < -0.3 is 0 Å². The van der Waals surface area contributed by atoms with Crippen molar-refractivity contribution in [3.05, 3.63) is 90.6 Å². The summed E-state index contributed by atoms with van der Waals surface area (Å²) in [7, 11) is 2.12. The lowest BCUT2D eigenvalue weighted by molar-refractivity contribution is -0.660. The predicted octanol–water partition coefficient (Wildman–Crippen LogP) is 5.95. The molecule has 0 aliphatic heterocycles. The first-order chi connectivity index (χ1) is 12.7. The molecule has 1 aromatic heterocycles. The summed E-state index contributed by atoms with van der Waals surface area (Å²) < 4.78 is 2.21. The van der Waals surface area contributed by atoms with Gasteiger partial charge in [0, 0.05) is 17.5 Å². The van der Waals surface area contributed by atoms with Crippen LogP contribution < -0.4 is 4.57 Å². The maximum atomic E-state index is 2.25. The summed E-state index contributed by atoms with van der Waals surface area (Å²) in [5.74, 6) is 0. The van der Waals surface area contributed by atoms with E-state index in [0.717, 1.165) is 0 Å². The highest BCUT2D eigenvalue weighted by Crippen LogP contribution is 2.38. The van der Waals surface area contributed by atoms with E-state index in [4.69, 9.17) is 0 Å².